The Kier molecular flexibility index (Phi) is 5.11. The summed E-state index contributed by atoms with van der Waals surface area (Å²) in [7, 11) is 1.79. The van der Waals surface area contributed by atoms with Crippen molar-refractivity contribution in [1.29, 1.82) is 0 Å². The lowest BCUT2D eigenvalue weighted by Crippen LogP contribution is -2.40. The van der Waals surface area contributed by atoms with Gasteiger partial charge in [0.1, 0.15) is 6.54 Å². The van der Waals surface area contributed by atoms with Gasteiger partial charge >= 0.3 is 6.18 Å². The Bertz CT molecular complexity index is 418. The van der Waals surface area contributed by atoms with Crippen LogP contribution in [0.4, 0.5) is 19.1 Å². The molecule has 0 aromatic carbocycles. The third kappa shape index (κ3) is 4.66. The lowest BCUT2D eigenvalue weighted by atomic mass is 10.2. The number of alkyl halides is 3. The van der Waals surface area contributed by atoms with E-state index in [0.717, 1.165) is 10.5 Å². The molecule has 0 aliphatic heterocycles. The van der Waals surface area contributed by atoms with Gasteiger partial charge in [-0.05, 0) is 27.8 Å². The van der Waals surface area contributed by atoms with Crippen LogP contribution in [0.2, 0.25) is 0 Å². The second kappa shape index (κ2) is 6.18. The standard InChI is InChI=1S/C12H19F3N4/c1-8(2)19(7-12(13,14)15)11-17-6-10(5-16-4)9(3)18-11/h6,8,16H,5,7H2,1-4H3. The number of hydrogen-bond acceptors (Lipinski definition) is 4. The van der Waals surface area contributed by atoms with Gasteiger partial charge in [-0.2, -0.15) is 13.2 Å². The zero-order valence-electron chi connectivity index (χ0n) is 11.5. The van der Waals surface area contributed by atoms with Crippen molar-refractivity contribution in [3.63, 3.8) is 0 Å². The minimum Gasteiger partial charge on any atom is -0.329 e. The fourth-order valence-electron chi connectivity index (χ4n) is 1.66. The maximum atomic E-state index is 12.5. The minimum absolute atomic E-state index is 0.115. The Hall–Kier alpha value is -1.37. The van der Waals surface area contributed by atoms with Gasteiger partial charge in [-0.25, -0.2) is 9.97 Å². The highest BCUT2D eigenvalue weighted by atomic mass is 19.4. The molecule has 1 aromatic rings. The average Bonchev–Trinajstić information content (AvgIpc) is 2.27. The van der Waals surface area contributed by atoms with Gasteiger partial charge < -0.3 is 10.2 Å². The summed E-state index contributed by atoms with van der Waals surface area (Å²) in [6, 6.07) is -0.323. The summed E-state index contributed by atoms with van der Waals surface area (Å²) >= 11 is 0. The van der Waals surface area contributed by atoms with Crippen LogP contribution in [0.5, 0.6) is 0 Å². The molecule has 1 N–H and O–H groups in total. The van der Waals surface area contributed by atoms with Gasteiger partial charge in [0.15, 0.2) is 0 Å². The van der Waals surface area contributed by atoms with Crippen molar-refractivity contribution < 1.29 is 13.2 Å². The molecule has 0 bridgehead atoms. The van der Waals surface area contributed by atoms with Gasteiger partial charge in [-0.15, -0.1) is 0 Å². The number of aryl methyl sites for hydroxylation is 1. The zero-order chi connectivity index (χ0) is 14.6. The smallest absolute Gasteiger partial charge is 0.329 e. The molecule has 1 heterocycles. The van der Waals surface area contributed by atoms with Gasteiger partial charge in [-0.3, -0.25) is 0 Å². The van der Waals surface area contributed by atoms with Gasteiger partial charge in [0.25, 0.3) is 0 Å². The average molecular weight is 276 g/mol. The minimum atomic E-state index is -4.27. The van der Waals surface area contributed by atoms with Crippen LogP contribution in [0.1, 0.15) is 25.1 Å². The Balaban J connectivity index is 3.00. The largest absolute Gasteiger partial charge is 0.406 e. The fourth-order valence-corrected chi connectivity index (χ4v) is 1.66. The lowest BCUT2D eigenvalue weighted by Gasteiger charge is -2.28. The molecule has 0 saturated carbocycles. The number of nitrogens with zero attached hydrogens (tertiary/aromatic N) is 3. The maximum absolute atomic E-state index is 12.5. The monoisotopic (exact) mass is 276 g/mol. The molecule has 19 heavy (non-hydrogen) atoms. The molecule has 7 heteroatoms. The van der Waals surface area contributed by atoms with Gasteiger partial charge in [-0.1, -0.05) is 0 Å². The molecule has 0 aliphatic carbocycles. The molecule has 0 spiro atoms. The first kappa shape index (κ1) is 15.7. The first-order valence-electron chi connectivity index (χ1n) is 6.05. The topological polar surface area (TPSA) is 41.1 Å². The van der Waals surface area contributed by atoms with Crippen molar-refractivity contribution in [2.24, 2.45) is 0 Å². The molecule has 0 fully saturated rings. The molecule has 0 radical (unpaired) electrons. The van der Waals surface area contributed by atoms with Crippen molar-refractivity contribution in [2.75, 3.05) is 18.5 Å². The number of aromatic nitrogens is 2. The second-order valence-corrected chi connectivity index (χ2v) is 4.65. The number of hydrogen-bond donors (Lipinski definition) is 1. The third-order valence-electron chi connectivity index (χ3n) is 2.67. The predicted octanol–water partition coefficient (Wildman–Crippen LogP) is 2.28. The van der Waals surface area contributed by atoms with Crippen LogP contribution >= 0.6 is 0 Å². The molecule has 0 saturated heterocycles. The normalized spacial score (nSPS) is 12.0. The molecule has 0 amide bonds. The fraction of sp³-hybridized carbons (Fsp3) is 0.667. The van der Waals surface area contributed by atoms with Crippen LogP contribution in [-0.4, -0.2) is 35.8 Å². The van der Waals surface area contributed by atoms with E-state index in [2.05, 4.69) is 15.3 Å². The SMILES string of the molecule is CNCc1cnc(N(CC(F)(F)F)C(C)C)nc1C. The quantitative estimate of drug-likeness (QED) is 0.896. The van der Waals surface area contributed by atoms with E-state index in [1.54, 1.807) is 34.0 Å². The summed E-state index contributed by atoms with van der Waals surface area (Å²) in [5, 5.41) is 2.96. The van der Waals surface area contributed by atoms with Crippen LogP contribution in [-0.2, 0) is 6.54 Å². The van der Waals surface area contributed by atoms with Gasteiger partial charge in [0.2, 0.25) is 5.95 Å². The highest BCUT2D eigenvalue weighted by Crippen LogP contribution is 2.22. The van der Waals surface area contributed by atoms with Crippen molar-refractivity contribution in [2.45, 2.75) is 39.5 Å². The molecule has 108 valence electrons. The summed E-state index contributed by atoms with van der Waals surface area (Å²) in [5.41, 5.74) is 1.56. The molecule has 0 aliphatic rings. The Morgan fingerprint density at radius 2 is 2.00 bits per heavy atom. The van der Waals surface area contributed by atoms with E-state index >= 15 is 0 Å². The zero-order valence-corrected chi connectivity index (χ0v) is 11.5. The Labute approximate surface area is 111 Å². The summed E-state index contributed by atoms with van der Waals surface area (Å²) < 4.78 is 37.6. The molecule has 0 atom stereocenters. The van der Waals surface area contributed by atoms with Gasteiger partial charge in [0, 0.05) is 30.0 Å². The van der Waals surface area contributed by atoms with E-state index in [1.807, 2.05) is 0 Å². The van der Waals surface area contributed by atoms with E-state index in [0.29, 0.717) is 12.2 Å². The highest BCUT2D eigenvalue weighted by Gasteiger charge is 2.33. The third-order valence-corrected chi connectivity index (χ3v) is 2.67. The Morgan fingerprint density at radius 1 is 1.37 bits per heavy atom. The van der Waals surface area contributed by atoms with Crippen LogP contribution in [0.15, 0.2) is 6.20 Å². The van der Waals surface area contributed by atoms with E-state index in [4.69, 9.17) is 0 Å². The van der Waals surface area contributed by atoms with E-state index < -0.39 is 12.7 Å². The van der Waals surface area contributed by atoms with E-state index in [1.165, 1.54) is 0 Å². The van der Waals surface area contributed by atoms with Crippen molar-refractivity contribution >= 4 is 5.95 Å². The maximum Gasteiger partial charge on any atom is 0.406 e. The molecule has 1 rings (SSSR count). The number of rotatable bonds is 5. The molecular formula is C12H19F3N4. The lowest BCUT2D eigenvalue weighted by molar-refractivity contribution is -0.120. The summed E-state index contributed by atoms with van der Waals surface area (Å²) in [6.07, 6.45) is -2.70. The summed E-state index contributed by atoms with van der Waals surface area (Å²) in [5.74, 6) is 0.115. The van der Waals surface area contributed by atoms with Crippen LogP contribution < -0.4 is 10.2 Å². The van der Waals surface area contributed by atoms with Crippen molar-refractivity contribution in [3.05, 3.63) is 17.5 Å². The molecule has 0 unspecified atom stereocenters. The summed E-state index contributed by atoms with van der Waals surface area (Å²) in [6.45, 7) is 4.68. The van der Waals surface area contributed by atoms with Crippen LogP contribution in [0, 0.1) is 6.92 Å². The van der Waals surface area contributed by atoms with Crippen LogP contribution in [0.25, 0.3) is 0 Å². The second-order valence-electron chi connectivity index (χ2n) is 4.65. The first-order chi connectivity index (χ1) is 8.74. The first-order valence-corrected chi connectivity index (χ1v) is 6.05. The molecule has 1 aromatic heterocycles. The highest BCUT2D eigenvalue weighted by molar-refractivity contribution is 5.34. The molecule has 4 nitrogen and oxygen atoms in total. The van der Waals surface area contributed by atoms with E-state index in [-0.39, 0.29) is 12.0 Å². The van der Waals surface area contributed by atoms with Crippen molar-refractivity contribution in [1.82, 2.24) is 15.3 Å². The number of nitrogens with one attached hydrogen (secondary N) is 1. The van der Waals surface area contributed by atoms with Crippen LogP contribution in [0.3, 0.4) is 0 Å². The molecular weight excluding hydrogens is 257 g/mol. The number of halogens is 3. The predicted molar refractivity (Wildman–Crippen MR) is 68.1 cm³/mol. The Morgan fingerprint density at radius 3 is 2.42 bits per heavy atom. The number of anilines is 1. The van der Waals surface area contributed by atoms with E-state index in [9.17, 15) is 13.2 Å². The van der Waals surface area contributed by atoms with Gasteiger partial charge in [0.05, 0.1) is 0 Å². The summed E-state index contributed by atoms with van der Waals surface area (Å²) in [4.78, 5) is 9.36. The van der Waals surface area contributed by atoms with Crippen molar-refractivity contribution in [3.8, 4) is 0 Å².